The van der Waals surface area contributed by atoms with Crippen LogP contribution in [0.2, 0.25) is 0 Å². The number of carbonyl (C=O) groups excluding carboxylic acids is 1. The lowest BCUT2D eigenvalue weighted by Crippen LogP contribution is -2.14. The molecule has 0 fully saturated rings. The molecule has 0 bridgehead atoms. The highest BCUT2D eigenvalue weighted by Gasteiger charge is 2.17. The molecule has 4 heteroatoms. The van der Waals surface area contributed by atoms with Crippen LogP contribution >= 0.6 is 0 Å². The largest absolute Gasteiger partial charge is 0.465 e. The van der Waals surface area contributed by atoms with Crippen LogP contribution in [0.3, 0.4) is 0 Å². The summed E-state index contributed by atoms with van der Waals surface area (Å²) in [6, 6.07) is 2.93. The lowest BCUT2D eigenvalue weighted by molar-refractivity contribution is 0.0595. The van der Waals surface area contributed by atoms with Crippen LogP contribution in [0.4, 0.5) is 10.1 Å². The molecule has 1 aromatic rings. The van der Waals surface area contributed by atoms with E-state index in [2.05, 4.69) is 10.1 Å². The zero-order valence-electron chi connectivity index (χ0n) is 8.47. The van der Waals surface area contributed by atoms with E-state index in [-0.39, 0.29) is 5.56 Å². The van der Waals surface area contributed by atoms with Gasteiger partial charge in [-0.2, -0.15) is 0 Å². The number of esters is 1. The normalized spacial score (nSPS) is 14.0. The van der Waals surface area contributed by atoms with Crippen LogP contribution in [0, 0.1) is 5.82 Å². The molecule has 0 atom stereocenters. The second kappa shape index (κ2) is 3.88. The highest BCUT2D eigenvalue weighted by molar-refractivity contribution is 5.90. The van der Waals surface area contributed by atoms with Gasteiger partial charge in [0.05, 0.1) is 12.7 Å². The summed E-state index contributed by atoms with van der Waals surface area (Å²) < 4.78 is 18.0. The van der Waals surface area contributed by atoms with Gasteiger partial charge in [0.15, 0.2) is 0 Å². The van der Waals surface area contributed by atoms with Gasteiger partial charge in [-0.05, 0) is 30.5 Å². The number of ether oxygens (including phenoxy) is 1. The van der Waals surface area contributed by atoms with Crippen LogP contribution < -0.4 is 5.32 Å². The molecule has 80 valence electrons. The Morgan fingerprint density at radius 2 is 2.33 bits per heavy atom. The standard InChI is InChI=1S/C11H12FNO2/c1-15-11(14)8-5-7-3-2-4-13-10(7)6-9(8)12/h5-6,13H,2-4H2,1H3. The first-order valence-electron chi connectivity index (χ1n) is 4.87. The third kappa shape index (κ3) is 1.79. The molecule has 0 aliphatic carbocycles. The van der Waals surface area contributed by atoms with E-state index < -0.39 is 11.8 Å². The Bertz CT molecular complexity index is 404. The smallest absolute Gasteiger partial charge is 0.340 e. The summed E-state index contributed by atoms with van der Waals surface area (Å²) in [7, 11) is 1.25. The molecular weight excluding hydrogens is 197 g/mol. The minimum atomic E-state index is -0.624. The van der Waals surface area contributed by atoms with Crippen molar-refractivity contribution >= 4 is 11.7 Å². The molecule has 0 saturated carbocycles. The predicted octanol–water partition coefficient (Wildman–Crippen LogP) is 1.97. The van der Waals surface area contributed by atoms with Crippen LogP contribution in [0.25, 0.3) is 0 Å². The van der Waals surface area contributed by atoms with Crippen molar-refractivity contribution in [3.63, 3.8) is 0 Å². The van der Waals surface area contributed by atoms with Gasteiger partial charge < -0.3 is 10.1 Å². The maximum absolute atomic E-state index is 13.5. The first kappa shape index (κ1) is 9.96. The average Bonchev–Trinajstić information content (AvgIpc) is 2.27. The quantitative estimate of drug-likeness (QED) is 0.718. The Morgan fingerprint density at radius 3 is 3.07 bits per heavy atom. The SMILES string of the molecule is COC(=O)c1cc2c(cc1F)NCCC2. The van der Waals surface area contributed by atoms with E-state index >= 15 is 0 Å². The molecule has 1 aromatic carbocycles. The van der Waals surface area contributed by atoms with Gasteiger partial charge in [-0.3, -0.25) is 0 Å². The Morgan fingerprint density at radius 1 is 1.53 bits per heavy atom. The fourth-order valence-corrected chi connectivity index (χ4v) is 1.76. The topological polar surface area (TPSA) is 38.3 Å². The predicted molar refractivity (Wildman–Crippen MR) is 54.6 cm³/mol. The molecule has 1 heterocycles. The van der Waals surface area contributed by atoms with Gasteiger partial charge in [0.25, 0.3) is 0 Å². The van der Waals surface area contributed by atoms with Crippen molar-refractivity contribution < 1.29 is 13.9 Å². The van der Waals surface area contributed by atoms with E-state index in [0.29, 0.717) is 0 Å². The third-order valence-electron chi connectivity index (χ3n) is 2.54. The number of methoxy groups -OCH3 is 1. The molecule has 0 unspecified atom stereocenters. The number of aryl methyl sites for hydroxylation is 1. The summed E-state index contributed by atoms with van der Waals surface area (Å²) in [6.45, 7) is 0.851. The second-order valence-corrected chi connectivity index (χ2v) is 3.51. The van der Waals surface area contributed by atoms with Gasteiger partial charge >= 0.3 is 5.97 Å². The van der Waals surface area contributed by atoms with Crippen molar-refractivity contribution in [2.24, 2.45) is 0 Å². The summed E-state index contributed by atoms with van der Waals surface area (Å²) >= 11 is 0. The fourth-order valence-electron chi connectivity index (χ4n) is 1.76. The summed E-state index contributed by atoms with van der Waals surface area (Å²) in [4.78, 5) is 11.2. The summed E-state index contributed by atoms with van der Waals surface area (Å²) in [6.07, 6.45) is 1.87. The van der Waals surface area contributed by atoms with E-state index in [4.69, 9.17) is 0 Å². The Kier molecular flexibility index (Phi) is 2.58. The first-order valence-corrected chi connectivity index (χ1v) is 4.87. The molecule has 0 aromatic heterocycles. The van der Waals surface area contributed by atoms with E-state index in [1.807, 2.05) is 0 Å². The van der Waals surface area contributed by atoms with Crippen LogP contribution in [0.15, 0.2) is 12.1 Å². The minimum Gasteiger partial charge on any atom is -0.465 e. The zero-order chi connectivity index (χ0) is 10.8. The van der Waals surface area contributed by atoms with Crippen molar-refractivity contribution in [3.8, 4) is 0 Å². The number of benzene rings is 1. The van der Waals surface area contributed by atoms with Gasteiger partial charge in [-0.25, -0.2) is 9.18 Å². The van der Waals surface area contributed by atoms with E-state index in [9.17, 15) is 9.18 Å². The van der Waals surface area contributed by atoms with Crippen molar-refractivity contribution in [1.82, 2.24) is 0 Å². The lowest BCUT2D eigenvalue weighted by Gasteiger charge is -2.18. The molecule has 1 aliphatic rings. The van der Waals surface area contributed by atoms with E-state index in [0.717, 1.165) is 30.6 Å². The van der Waals surface area contributed by atoms with E-state index in [1.54, 1.807) is 6.07 Å². The molecule has 0 amide bonds. The van der Waals surface area contributed by atoms with Gasteiger partial charge in [0, 0.05) is 12.2 Å². The molecule has 0 spiro atoms. The summed E-state index contributed by atoms with van der Waals surface area (Å²) in [5.74, 6) is -1.16. The zero-order valence-corrected chi connectivity index (χ0v) is 8.47. The third-order valence-corrected chi connectivity index (χ3v) is 2.54. The maximum atomic E-state index is 13.5. The maximum Gasteiger partial charge on any atom is 0.340 e. The van der Waals surface area contributed by atoms with Crippen molar-refractivity contribution in [2.75, 3.05) is 19.0 Å². The molecule has 1 N–H and O–H groups in total. The lowest BCUT2D eigenvalue weighted by atomic mass is 10.0. The number of hydrogen-bond donors (Lipinski definition) is 1. The Labute approximate surface area is 87.2 Å². The molecule has 2 rings (SSSR count). The van der Waals surface area contributed by atoms with Gasteiger partial charge in [0.1, 0.15) is 5.82 Å². The summed E-state index contributed by atoms with van der Waals surface area (Å²) in [5, 5.41) is 3.10. The second-order valence-electron chi connectivity index (χ2n) is 3.51. The molecular formula is C11H12FNO2. The van der Waals surface area contributed by atoms with Crippen molar-refractivity contribution in [3.05, 3.63) is 29.1 Å². The highest BCUT2D eigenvalue weighted by atomic mass is 19.1. The van der Waals surface area contributed by atoms with Crippen LogP contribution in [0.1, 0.15) is 22.3 Å². The fraction of sp³-hybridized carbons (Fsp3) is 0.364. The number of halogens is 1. The minimum absolute atomic E-state index is 0.0138. The number of carbonyl (C=O) groups is 1. The van der Waals surface area contributed by atoms with Gasteiger partial charge in [-0.1, -0.05) is 0 Å². The van der Waals surface area contributed by atoms with E-state index in [1.165, 1.54) is 13.2 Å². The number of nitrogens with one attached hydrogen (secondary N) is 1. The van der Waals surface area contributed by atoms with Gasteiger partial charge in [0.2, 0.25) is 0 Å². The molecule has 0 radical (unpaired) electrons. The summed E-state index contributed by atoms with van der Waals surface area (Å²) in [5.41, 5.74) is 1.77. The molecule has 1 aliphatic heterocycles. The van der Waals surface area contributed by atoms with Crippen LogP contribution in [0.5, 0.6) is 0 Å². The number of hydrogen-bond acceptors (Lipinski definition) is 3. The monoisotopic (exact) mass is 209 g/mol. The van der Waals surface area contributed by atoms with Crippen LogP contribution in [-0.2, 0) is 11.2 Å². The highest BCUT2D eigenvalue weighted by Crippen LogP contribution is 2.25. The number of fused-ring (bicyclic) bond motifs is 1. The number of rotatable bonds is 1. The van der Waals surface area contributed by atoms with Gasteiger partial charge in [-0.15, -0.1) is 0 Å². The van der Waals surface area contributed by atoms with Crippen molar-refractivity contribution in [2.45, 2.75) is 12.8 Å². The molecule has 3 nitrogen and oxygen atoms in total. The Balaban J connectivity index is 2.44. The Hall–Kier alpha value is -1.58. The average molecular weight is 209 g/mol. The number of anilines is 1. The first-order chi connectivity index (χ1) is 7.22. The molecule has 0 saturated heterocycles. The van der Waals surface area contributed by atoms with Crippen LogP contribution in [-0.4, -0.2) is 19.6 Å². The molecule has 15 heavy (non-hydrogen) atoms. The van der Waals surface area contributed by atoms with Crippen molar-refractivity contribution in [1.29, 1.82) is 0 Å².